The average molecular weight is 359 g/mol. The highest BCUT2D eigenvalue weighted by Crippen LogP contribution is 2.12. The molecule has 3 fully saturated rings. The van der Waals surface area contributed by atoms with E-state index in [4.69, 9.17) is 0 Å². The summed E-state index contributed by atoms with van der Waals surface area (Å²) in [6.07, 6.45) is 3.93. The fourth-order valence-corrected chi connectivity index (χ4v) is 4.40. The van der Waals surface area contributed by atoms with Crippen molar-refractivity contribution in [3.63, 3.8) is 0 Å². The van der Waals surface area contributed by atoms with Crippen molar-refractivity contribution in [2.75, 3.05) is 65.4 Å². The van der Waals surface area contributed by atoms with E-state index in [9.17, 15) is 0 Å². The molecule has 0 saturated carbocycles. The predicted octanol–water partition coefficient (Wildman–Crippen LogP) is 2.52. The zero-order valence-electron chi connectivity index (χ0n) is 16.7. The van der Waals surface area contributed by atoms with Gasteiger partial charge in [-0.25, -0.2) is 0 Å². The molecule has 0 aromatic heterocycles. The van der Waals surface area contributed by atoms with E-state index >= 15 is 0 Å². The van der Waals surface area contributed by atoms with Gasteiger partial charge in [-0.1, -0.05) is 43.7 Å². The van der Waals surface area contributed by atoms with Crippen LogP contribution in [0.15, 0.2) is 30.3 Å². The molecule has 0 aliphatic carbocycles. The van der Waals surface area contributed by atoms with Crippen molar-refractivity contribution in [1.29, 1.82) is 0 Å². The zero-order chi connectivity index (χ0) is 18.0. The lowest BCUT2D eigenvalue weighted by molar-refractivity contribution is 0.108. The number of fused-ring (bicyclic) bond motifs is 11. The number of piperazine rings is 1. The van der Waals surface area contributed by atoms with Gasteiger partial charge in [-0.15, -0.1) is 0 Å². The highest BCUT2D eigenvalue weighted by atomic mass is 15.3. The van der Waals surface area contributed by atoms with Gasteiger partial charge in [0.05, 0.1) is 0 Å². The molecule has 1 unspecified atom stereocenters. The van der Waals surface area contributed by atoms with Crippen LogP contribution in [0.25, 0.3) is 0 Å². The molecule has 1 atom stereocenters. The summed E-state index contributed by atoms with van der Waals surface area (Å²) >= 11 is 0. The van der Waals surface area contributed by atoms with Crippen LogP contribution in [-0.4, -0.2) is 80.1 Å². The van der Waals surface area contributed by atoms with Gasteiger partial charge in [0.1, 0.15) is 0 Å². The Balaban J connectivity index is 1.57. The first-order valence-electron chi connectivity index (χ1n) is 10.7. The standard InChI is InChI=1S/C22H38N4/c1-2-7-22-18-23-10-13-25(19-21-8-4-3-5-9-21)12-6-11-24-14-16-26(20-22)17-15-24/h3-5,8-9,22-23H,2,6-7,10-20H2,1H3. The molecular weight excluding hydrogens is 320 g/mol. The van der Waals surface area contributed by atoms with E-state index in [0.717, 1.165) is 25.6 Å². The number of benzene rings is 1. The van der Waals surface area contributed by atoms with E-state index in [1.54, 1.807) is 0 Å². The quantitative estimate of drug-likeness (QED) is 0.893. The SMILES string of the molecule is CCCC1CNCCN(Cc2ccccc2)CCCN2CCN(CC2)C1. The first kappa shape index (κ1) is 19.8. The van der Waals surface area contributed by atoms with E-state index in [-0.39, 0.29) is 0 Å². The molecule has 1 N–H and O–H groups in total. The summed E-state index contributed by atoms with van der Waals surface area (Å²) in [5, 5.41) is 3.77. The van der Waals surface area contributed by atoms with Gasteiger partial charge >= 0.3 is 0 Å². The van der Waals surface area contributed by atoms with Gasteiger partial charge in [-0.2, -0.15) is 0 Å². The molecule has 2 bridgehead atoms. The summed E-state index contributed by atoms with van der Waals surface area (Å²) < 4.78 is 0. The van der Waals surface area contributed by atoms with Crippen molar-refractivity contribution in [3.05, 3.63) is 35.9 Å². The molecule has 1 aromatic carbocycles. The van der Waals surface area contributed by atoms with Crippen molar-refractivity contribution < 1.29 is 0 Å². The Morgan fingerprint density at radius 2 is 1.69 bits per heavy atom. The lowest BCUT2D eigenvalue weighted by atomic mass is 10.0. The number of nitrogens with one attached hydrogen (secondary N) is 1. The summed E-state index contributed by atoms with van der Waals surface area (Å²) in [5.41, 5.74) is 1.44. The Labute approximate surface area is 160 Å². The van der Waals surface area contributed by atoms with Gasteiger partial charge in [0.15, 0.2) is 0 Å². The van der Waals surface area contributed by atoms with E-state index < -0.39 is 0 Å². The highest BCUT2D eigenvalue weighted by molar-refractivity contribution is 5.14. The molecule has 26 heavy (non-hydrogen) atoms. The van der Waals surface area contributed by atoms with E-state index in [2.05, 4.69) is 57.3 Å². The average Bonchev–Trinajstić information content (AvgIpc) is 2.67. The molecule has 3 aliphatic rings. The molecule has 3 saturated heterocycles. The predicted molar refractivity (Wildman–Crippen MR) is 110 cm³/mol. The van der Waals surface area contributed by atoms with Gasteiger partial charge < -0.3 is 15.1 Å². The lowest BCUT2D eigenvalue weighted by Crippen LogP contribution is -2.49. The minimum Gasteiger partial charge on any atom is -0.315 e. The summed E-state index contributed by atoms with van der Waals surface area (Å²) in [7, 11) is 0. The number of nitrogens with zero attached hydrogens (tertiary/aromatic N) is 3. The van der Waals surface area contributed by atoms with Crippen LogP contribution in [0, 0.1) is 5.92 Å². The third-order valence-electron chi connectivity index (χ3n) is 5.91. The van der Waals surface area contributed by atoms with Crippen molar-refractivity contribution in [1.82, 2.24) is 20.0 Å². The van der Waals surface area contributed by atoms with Gasteiger partial charge in [0.2, 0.25) is 0 Å². The first-order chi connectivity index (χ1) is 12.8. The fraction of sp³-hybridized carbons (Fsp3) is 0.727. The number of hydrogen-bond acceptors (Lipinski definition) is 4. The molecule has 0 amide bonds. The highest BCUT2D eigenvalue weighted by Gasteiger charge is 2.20. The molecule has 4 heteroatoms. The third kappa shape index (κ3) is 6.66. The normalized spacial score (nSPS) is 29.3. The van der Waals surface area contributed by atoms with E-state index in [1.165, 1.54) is 77.2 Å². The number of rotatable bonds is 4. The largest absolute Gasteiger partial charge is 0.315 e. The van der Waals surface area contributed by atoms with Crippen LogP contribution < -0.4 is 5.32 Å². The zero-order valence-corrected chi connectivity index (χ0v) is 16.7. The molecule has 0 radical (unpaired) electrons. The minimum atomic E-state index is 0.803. The van der Waals surface area contributed by atoms with Crippen LogP contribution in [0.2, 0.25) is 0 Å². The van der Waals surface area contributed by atoms with Crippen molar-refractivity contribution in [2.24, 2.45) is 5.92 Å². The van der Waals surface area contributed by atoms with Crippen molar-refractivity contribution >= 4 is 0 Å². The first-order valence-corrected chi connectivity index (χ1v) is 10.7. The van der Waals surface area contributed by atoms with Gasteiger partial charge in [0.25, 0.3) is 0 Å². The van der Waals surface area contributed by atoms with Crippen LogP contribution in [0.5, 0.6) is 0 Å². The smallest absolute Gasteiger partial charge is 0.0234 e. The Morgan fingerprint density at radius 1 is 0.923 bits per heavy atom. The summed E-state index contributed by atoms with van der Waals surface area (Å²) in [6, 6.07) is 10.9. The molecule has 0 spiro atoms. The van der Waals surface area contributed by atoms with Crippen LogP contribution in [0.1, 0.15) is 31.7 Å². The summed E-state index contributed by atoms with van der Waals surface area (Å²) in [6.45, 7) is 15.6. The second-order valence-corrected chi connectivity index (χ2v) is 8.12. The van der Waals surface area contributed by atoms with Crippen molar-refractivity contribution in [2.45, 2.75) is 32.7 Å². The Bertz CT molecular complexity index is 484. The summed E-state index contributed by atoms with van der Waals surface area (Å²) in [5.74, 6) is 0.803. The molecular formula is C22H38N4. The van der Waals surface area contributed by atoms with Crippen LogP contribution in [-0.2, 0) is 6.54 Å². The molecule has 1 aromatic rings. The summed E-state index contributed by atoms with van der Waals surface area (Å²) in [4.78, 5) is 8.02. The Morgan fingerprint density at radius 3 is 2.46 bits per heavy atom. The topological polar surface area (TPSA) is 21.8 Å². The second kappa shape index (κ2) is 11.0. The van der Waals surface area contributed by atoms with Gasteiger partial charge in [-0.05, 0) is 44.0 Å². The maximum Gasteiger partial charge on any atom is 0.0234 e. The monoisotopic (exact) mass is 358 g/mol. The molecule has 4 nitrogen and oxygen atoms in total. The Kier molecular flexibility index (Phi) is 8.40. The molecule has 146 valence electrons. The van der Waals surface area contributed by atoms with E-state index in [0.29, 0.717) is 0 Å². The maximum atomic E-state index is 3.77. The van der Waals surface area contributed by atoms with Crippen LogP contribution >= 0.6 is 0 Å². The third-order valence-corrected chi connectivity index (χ3v) is 5.91. The van der Waals surface area contributed by atoms with Crippen molar-refractivity contribution in [3.8, 4) is 0 Å². The lowest BCUT2D eigenvalue weighted by Gasteiger charge is -2.37. The fourth-order valence-electron chi connectivity index (χ4n) is 4.40. The maximum absolute atomic E-state index is 3.77. The Hall–Kier alpha value is -0.940. The van der Waals surface area contributed by atoms with Crippen LogP contribution in [0.3, 0.4) is 0 Å². The second-order valence-electron chi connectivity index (χ2n) is 8.12. The molecule has 3 aliphatic heterocycles. The molecule has 4 rings (SSSR count). The minimum absolute atomic E-state index is 0.803. The van der Waals surface area contributed by atoms with Gasteiger partial charge in [-0.3, -0.25) is 4.90 Å². The van der Waals surface area contributed by atoms with Crippen LogP contribution in [0.4, 0.5) is 0 Å². The molecule has 3 heterocycles. The van der Waals surface area contributed by atoms with Gasteiger partial charge in [0, 0.05) is 52.4 Å². The number of hydrogen-bond donors (Lipinski definition) is 1. The van der Waals surface area contributed by atoms with E-state index in [1.807, 2.05) is 0 Å².